The molecule has 1 aromatic carbocycles. The highest BCUT2D eigenvalue weighted by Gasteiger charge is 2.17. The van der Waals surface area contributed by atoms with Gasteiger partial charge in [0.25, 0.3) is 11.1 Å². The van der Waals surface area contributed by atoms with Gasteiger partial charge in [-0.2, -0.15) is 14.9 Å². The van der Waals surface area contributed by atoms with Gasteiger partial charge in [0.1, 0.15) is 11.8 Å². The Morgan fingerprint density at radius 1 is 1.17 bits per heavy atom. The van der Waals surface area contributed by atoms with Gasteiger partial charge in [0, 0.05) is 5.92 Å². The van der Waals surface area contributed by atoms with Crippen molar-refractivity contribution in [3.63, 3.8) is 0 Å². The lowest BCUT2D eigenvalue weighted by Gasteiger charge is -2.11. The predicted octanol–water partition coefficient (Wildman–Crippen LogP) is 1.49. The summed E-state index contributed by atoms with van der Waals surface area (Å²) in [4.78, 5) is 41.2. The van der Waals surface area contributed by atoms with Crippen molar-refractivity contribution < 1.29 is 4.74 Å². The number of hydrogen-bond donors (Lipinski definition) is 2. The number of rotatable bonds is 4. The summed E-state index contributed by atoms with van der Waals surface area (Å²) in [6, 6.07) is 3.96. The monoisotopic (exact) mass is 435 g/mol. The Hall–Kier alpha value is -3.49. The van der Waals surface area contributed by atoms with E-state index in [0.29, 0.717) is 0 Å². The van der Waals surface area contributed by atoms with Crippen LogP contribution in [0.2, 0.25) is 10.0 Å². The maximum Gasteiger partial charge on any atom is 0.349 e. The van der Waals surface area contributed by atoms with Crippen LogP contribution in [0.4, 0.5) is 0 Å². The maximum atomic E-state index is 12.0. The molecule has 0 aliphatic carbocycles. The number of ether oxygens (including phenoxy) is 1. The molecule has 0 atom stereocenters. The van der Waals surface area contributed by atoms with Gasteiger partial charge < -0.3 is 4.74 Å². The fraction of sp³-hybridized carbons (Fsp3) is 0.188. The minimum Gasteiger partial charge on any atom is -0.420 e. The molecular formula is C16H11Cl2N7O4. The summed E-state index contributed by atoms with van der Waals surface area (Å²) in [7, 11) is 0. The Kier molecular flexibility index (Phi) is 5.49. The normalized spacial score (nSPS) is 10.8. The van der Waals surface area contributed by atoms with Gasteiger partial charge in [-0.25, -0.2) is 9.89 Å². The number of aromatic amines is 2. The summed E-state index contributed by atoms with van der Waals surface area (Å²) in [6.07, 6.45) is 0. The molecule has 0 saturated heterocycles. The third-order valence-electron chi connectivity index (χ3n) is 3.60. The van der Waals surface area contributed by atoms with Gasteiger partial charge in [0.2, 0.25) is 5.69 Å². The van der Waals surface area contributed by atoms with Crippen molar-refractivity contribution in [3.05, 3.63) is 64.8 Å². The first-order valence-electron chi connectivity index (χ1n) is 7.99. The first-order valence-corrected chi connectivity index (χ1v) is 8.74. The average molecular weight is 436 g/mol. The van der Waals surface area contributed by atoms with Crippen molar-refractivity contribution in [2.45, 2.75) is 19.8 Å². The predicted molar refractivity (Wildman–Crippen MR) is 102 cm³/mol. The highest BCUT2D eigenvalue weighted by molar-refractivity contribution is 6.37. The number of nitriles is 1. The van der Waals surface area contributed by atoms with Gasteiger partial charge >= 0.3 is 11.7 Å². The van der Waals surface area contributed by atoms with Gasteiger partial charge in [-0.3, -0.25) is 14.6 Å². The number of nitrogens with zero attached hydrogens (tertiary/aromatic N) is 5. The largest absolute Gasteiger partial charge is 0.420 e. The Morgan fingerprint density at radius 2 is 1.83 bits per heavy atom. The van der Waals surface area contributed by atoms with Crippen molar-refractivity contribution >= 4 is 23.2 Å². The SMILES string of the molecule is CC(C)c1nc(Oc2c(Cl)cc(-n3nc(C#N)c(=O)[nH]c3=O)cc2Cl)n[nH]c1=O. The van der Waals surface area contributed by atoms with E-state index < -0.39 is 22.5 Å². The fourth-order valence-corrected chi connectivity index (χ4v) is 2.83. The molecule has 148 valence electrons. The Balaban J connectivity index is 2.05. The molecule has 3 rings (SSSR count). The summed E-state index contributed by atoms with van der Waals surface area (Å²) in [5.41, 5.74) is -2.47. The molecule has 0 fully saturated rings. The molecule has 0 spiro atoms. The quantitative estimate of drug-likeness (QED) is 0.622. The number of halogens is 2. The summed E-state index contributed by atoms with van der Waals surface area (Å²) in [6.45, 7) is 3.56. The molecular weight excluding hydrogens is 425 g/mol. The Morgan fingerprint density at radius 3 is 2.41 bits per heavy atom. The van der Waals surface area contributed by atoms with E-state index in [0.717, 1.165) is 4.68 Å². The molecule has 0 aliphatic heterocycles. The van der Waals surface area contributed by atoms with E-state index in [2.05, 4.69) is 20.3 Å². The molecule has 13 heteroatoms. The smallest absolute Gasteiger partial charge is 0.349 e. The topological polar surface area (TPSA) is 159 Å². The van der Waals surface area contributed by atoms with E-state index in [1.807, 2.05) is 4.98 Å². The highest BCUT2D eigenvalue weighted by Crippen LogP contribution is 2.37. The second-order valence-corrected chi connectivity index (χ2v) is 6.77. The highest BCUT2D eigenvalue weighted by atomic mass is 35.5. The molecule has 0 saturated carbocycles. The summed E-state index contributed by atoms with van der Waals surface area (Å²) < 4.78 is 6.26. The second kappa shape index (κ2) is 7.86. The van der Waals surface area contributed by atoms with Crippen LogP contribution < -0.4 is 21.5 Å². The Labute approximate surface area is 171 Å². The van der Waals surface area contributed by atoms with Crippen molar-refractivity contribution in [1.82, 2.24) is 29.9 Å². The van der Waals surface area contributed by atoms with E-state index >= 15 is 0 Å². The van der Waals surface area contributed by atoms with Crippen LogP contribution in [0.5, 0.6) is 11.8 Å². The van der Waals surface area contributed by atoms with Gasteiger partial charge in [0.15, 0.2) is 5.75 Å². The summed E-state index contributed by atoms with van der Waals surface area (Å²) in [5.74, 6) is -0.207. The first kappa shape index (κ1) is 20.2. The Bertz CT molecular complexity index is 1300. The van der Waals surface area contributed by atoms with E-state index in [1.165, 1.54) is 12.1 Å². The lowest BCUT2D eigenvalue weighted by molar-refractivity contribution is 0.427. The molecule has 0 unspecified atom stereocenters. The van der Waals surface area contributed by atoms with Crippen LogP contribution in [0.25, 0.3) is 5.69 Å². The lowest BCUT2D eigenvalue weighted by atomic mass is 10.1. The number of nitrogens with one attached hydrogen (secondary N) is 2. The minimum atomic E-state index is -0.915. The summed E-state index contributed by atoms with van der Waals surface area (Å²) >= 11 is 12.4. The molecule has 2 heterocycles. The van der Waals surface area contributed by atoms with Crippen molar-refractivity contribution in [3.8, 4) is 23.5 Å². The number of H-pyrrole nitrogens is 2. The fourth-order valence-electron chi connectivity index (χ4n) is 2.28. The molecule has 0 amide bonds. The van der Waals surface area contributed by atoms with Gasteiger partial charge in [-0.1, -0.05) is 37.0 Å². The zero-order chi connectivity index (χ0) is 21.3. The maximum absolute atomic E-state index is 12.0. The third-order valence-corrected chi connectivity index (χ3v) is 4.16. The molecule has 29 heavy (non-hydrogen) atoms. The van der Waals surface area contributed by atoms with Crippen LogP contribution in [-0.2, 0) is 0 Å². The van der Waals surface area contributed by atoms with Crippen LogP contribution in [0, 0.1) is 11.3 Å². The van der Waals surface area contributed by atoms with E-state index in [1.54, 1.807) is 19.9 Å². The number of hydrogen-bond acceptors (Lipinski definition) is 8. The molecule has 3 aromatic rings. The van der Waals surface area contributed by atoms with Gasteiger partial charge in [-0.05, 0) is 12.1 Å². The van der Waals surface area contributed by atoms with Crippen LogP contribution in [0.3, 0.4) is 0 Å². The van der Waals surface area contributed by atoms with Crippen molar-refractivity contribution in [2.75, 3.05) is 0 Å². The molecule has 11 nitrogen and oxygen atoms in total. The van der Waals surface area contributed by atoms with E-state index in [-0.39, 0.29) is 39.1 Å². The number of aromatic nitrogens is 6. The minimum absolute atomic E-state index is 0.0307. The average Bonchev–Trinajstić information content (AvgIpc) is 2.65. The second-order valence-electron chi connectivity index (χ2n) is 5.96. The van der Waals surface area contributed by atoms with Crippen LogP contribution in [0.1, 0.15) is 31.2 Å². The number of benzene rings is 1. The van der Waals surface area contributed by atoms with Gasteiger partial charge in [-0.15, -0.1) is 10.2 Å². The zero-order valence-electron chi connectivity index (χ0n) is 14.9. The molecule has 2 aromatic heterocycles. The van der Waals surface area contributed by atoms with Crippen molar-refractivity contribution in [1.29, 1.82) is 5.26 Å². The molecule has 2 N–H and O–H groups in total. The van der Waals surface area contributed by atoms with Gasteiger partial charge in [0.05, 0.1) is 15.7 Å². The van der Waals surface area contributed by atoms with Crippen molar-refractivity contribution in [2.24, 2.45) is 0 Å². The van der Waals surface area contributed by atoms with E-state index in [9.17, 15) is 14.4 Å². The standard InChI is InChI=1S/C16H11Cl2N7O4/c1-6(2)11-14(27)22-23-15(20-11)29-12-8(17)3-7(4-9(12)18)25-16(28)21-13(26)10(5-19)24-25/h3-4,6H,1-2H3,(H,22,27)(H,21,26,28). The lowest BCUT2D eigenvalue weighted by Crippen LogP contribution is -2.33. The van der Waals surface area contributed by atoms with Crippen LogP contribution in [-0.4, -0.2) is 29.9 Å². The zero-order valence-corrected chi connectivity index (χ0v) is 16.4. The van der Waals surface area contributed by atoms with Crippen LogP contribution in [0.15, 0.2) is 26.5 Å². The van der Waals surface area contributed by atoms with E-state index in [4.69, 9.17) is 33.2 Å². The summed E-state index contributed by atoms with van der Waals surface area (Å²) in [5, 5.41) is 18.5. The first-order chi connectivity index (χ1) is 13.7. The van der Waals surface area contributed by atoms with Crippen LogP contribution >= 0.6 is 23.2 Å². The third kappa shape index (κ3) is 4.03. The molecule has 0 bridgehead atoms. The molecule has 0 aliphatic rings. The molecule has 0 radical (unpaired) electrons.